The third-order valence-electron chi connectivity index (χ3n) is 4.85. The summed E-state index contributed by atoms with van der Waals surface area (Å²) in [6.07, 6.45) is 0. The fourth-order valence-electron chi connectivity index (χ4n) is 3.35. The van der Waals surface area contributed by atoms with Crippen molar-refractivity contribution in [2.45, 2.75) is 20.8 Å². The highest BCUT2D eigenvalue weighted by Gasteiger charge is 2.39. The first kappa shape index (κ1) is 21.7. The van der Waals surface area contributed by atoms with Crippen LogP contribution in [-0.4, -0.2) is 22.7 Å². The maximum atomic E-state index is 13.0. The van der Waals surface area contributed by atoms with Gasteiger partial charge in [-0.1, -0.05) is 35.4 Å². The Hall–Kier alpha value is -3.49. The van der Waals surface area contributed by atoms with Crippen molar-refractivity contribution in [3.05, 3.63) is 81.0 Å². The molecule has 2 heterocycles. The van der Waals surface area contributed by atoms with Gasteiger partial charge in [-0.3, -0.25) is 19.7 Å². The van der Waals surface area contributed by atoms with E-state index in [9.17, 15) is 14.4 Å². The van der Waals surface area contributed by atoms with Crippen molar-refractivity contribution < 1.29 is 14.4 Å². The van der Waals surface area contributed by atoms with E-state index in [0.29, 0.717) is 22.1 Å². The number of nitrogens with zero attached hydrogens (tertiary/aromatic N) is 2. The van der Waals surface area contributed by atoms with Crippen LogP contribution in [0.2, 0.25) is 0 Å². The van der Waals surface area contributed by atoms with E-state index in [4.69, 9.17) is 11.6 Å². The average molecular weight is 467 g/mol. The third-order valence-corrected chi connectivity index (χ3v) is 6.08. The molecular weight excluding hydrogens is 448 g/mol. The minimum absolute atomic E-state index is 0.0373. The average Bonchev–Trinajstić information content (AvgIpc) is 3.25. The predicted octanol–water partition coefficient (Wildman–Crippen LogP) is 4.76. The molecule has 0 saturated heterocycles. The number of benzene rings is 2. The van der Waals surface area contributed by atoms with Gasteiger partial charge in [0, 0.05) is 16.6 Å². The van der Waals surface area contributed by atoms with Crippen molar-refractivity contribution >= 4 is 57.2 Å². The molecule has 0 fully saturated rings. The number of hydrogen-bond donors (Lipinski definition) is 2. The number of hydrogen-bond acceptors (Lipinski definition) is 6. The highest BCUT2D eigenvalue weighted by molar-refractivity contribution is 7.13. The highest BCUT2D eigenvalue weighted by atomic mass is 35.5. The number of amides is 3. The lowest BCUT2D eigenvalue weighted by Gasteiger charge is -2.18. The molecule has 4 rings (SSSR count). The Morgan fingerprint density at radius 2 is 1.84 bits per heavy atom. The van der Waals surface area contributed by atoms with Gasteiger partial charge in [-0.05, 0) is 50.6 Å². The number of imide groups is 1. The van der Waals surface area contributed by atoms with E-state index in [2.05, 4.69) is 15.6 Å². The molecular formula is C23H19ClN4O3S. The van der Waals surface area contributed by atoms with Crippen LogP contribution in [0.3, 0.4) is 0 Å². The first-order chi connectivity index (χ1) is 15.2. The normalized spacial score (nSPS) is 13.7. The number of aromatic nitrogens is 1. The summed E-state index contributed by atoms with van der Waals surface area (Å²) in [7, 11) is 0. The van der Waals surface area contributed by atoms with E-state index in [0.717, 1.165) is 21.7 Å². The van der Waals surface area contributed by atoms with Crippen LogP contribution in [0.4, 0.5) is 16.5 Å². The van der Waals surface area contributed by atoms with Crippen LogP contribution >= 0.6 is 22.9 Å². The van der Waals surface area contributed by atoms with Crippen LogP contribution in [0, 0.1) is 20.8 Å². The summed E-state index contributed by atoms with van der Waals surface area (Å²) in [4.78, 5) is 43.6. The van der Waals surface area contributed by atoms with Crippen LogP contribution in [0.15, 0.2) is 58.6 Å². The molecule has 0 saturated carbocycles. The van der Waals surface area contributed by atoms with E-state index in [1.54, 1.807) is 30.3 Å². The molecule has 162 valence electrons. The van der Waals surface area contributed by atoms with E-state index >= 15 is 0 Å². The Balaban J connectivity index is 1.56. The van der Waals surface area contributed by atoms with Gasteiger partial charge in [0.25, 0.3) is 17.7 Å². The Kier molecular flexibility index (Phi) is 5.82. The Bertz CT molecular complexity index is 1300. The molecule has 1 aliphatic heterocycles. The van der Waals surface area contributed by atoms with Crippen molar-refractivity contribution in [3.63, 3.8) is 0 Å². The molecule has 1 aromatic heterocycles. The maximum Gasteiger partial charge on any atom is 0.283 e. The number of carbonyl (C=O) groups is 3. The first-order valence-corrected chi connectivity index (χ1v) is 11.0. The van der Waals surface area contributed by atoms with Gasteiger partial charge in [-0.2, -0.15) is 0 Å². The molecule has 0 bridgehead atoms. The number of aryl methyl sites for hydroxylation is 3. The van der Waals surface area contributed by atoms with E-state index in [-0.39, 0.29) is 16.6 Å². The monoisotopic (exact) mass is 466 g/mol. The number of thiazole rings is 1. The van der Waals surface area contributed by atoms with Crippen LogP contribution < -0.4 is 15.5 Å². The van der Waals surface area contributed by atoms with Crippen molar-refractivity contribution in [1.82, 2.24) is 4.98 Å². The number of nitrogens with one attached hydrogen (secondary N) is 2. The van der Waals surface area contributed by atoms with Crippen molar-refractivity contribution in [2.24, 2.45) is 0 Å². The number of rotatable bonds is 5. The van der Waals surface area contributed by atoms with Gasteiger partial charge in [0.2, 0.25) is 0 Å². The predicted molar refractivity (Wildman–Crippen MR) is 126 cm³/mol. The minimum atomic E-state index is -0.598. The molecule has 3 aromatic rings. The molecule has 9 heteroatoms. The summed E-state index contributed by atoms with van der Waals surface area (Å²) in [6, 6.07) is 12.0. The summed E-state index contributed by atoms with van der Waals surface area (Å²) in [5.74, 6) is -1.49. The SMILES string of the molecule is Cc1ccc(N2C(=O)C(Cl)=C(Nc3cccc(C(=O)Nc4nc(C)cs4)c3)C2=O)c(C)c1. The largest absolute Gasteiger partial charge is 0.350 e. The number of anilines is 3. The van der Waals surface area contributed by atoms with Crippen LogP contribution in [0.25, 0.3) is 0 Å². The molecule has 0 spiro atoms. The third kappa shape index (κ3) is 4.15. The van der Waals surface area contributed by atoms with Gasteiger partial charge in [0.15, 0.2) is 5.13 Å². The van der Waals surface area contributed by atoms with Crippen molar-refractivity contribution in [3.8, 4) is 0 Å². The second-order valence-electron chi connectivity index (χ2n) is 7.38. The van der Waals surface area contributed by atoms with Gasteiger partial charge in [0.05, 0.1) is 11.4 Å². The summed E-state index contributed by atoms with van der Waals surface area (Å²) < 4.78 is 0. The summed E-state index contributed by atoms with van der Waals surface area (Å²) in [5, 5.41) is 7.78. The second kappa shape index (κ2) is 8.57. The standard InChI is InChI=1S/C23H19ClN4O3S/c1-12-7-8-17(13(2)9-12)28-21(30)18(24)19(22(28)31)26-16-6-4-5-15(10-16)20(29)27-23-25-14(3)11-32-23/h4-11,26H,1-3H3,(H,25,27,29). The molecule has 1 aliphatic rings. The van der Waals surface area contributed by atoms with E-state index in [1.165, 1.54) is 11.3 Å². The van der Waals surface area contributed by atoms with Crippen molar-refractivity contribution in [2.75, 3.05) is 15.5 Å². The van der Waals surface area contributed by atoms with E-state index < -0.39 is 11.8 Å². The maximum absolute atomic E-state index is 13.0. The Morgan fingerprint density at radius 1 is 1.06 bits per heavy atom. The van der Waals surface area contributed by atoms with E-state index in [1.807, 2.05) is 38.3 Å². The molecule has 0 unspecified atom stereocenters. The summed E-state index contributed by atoms with van der Waals surface area (Å²) in [6.45, 7) is 5.60. The molecule has 0 radical (unpaired) electrons. The second-order valence-corrected chi connectivity index (χ2v) is 8.61. The molecule has 0 aliphatic carbocycles. The quantitative estimate of drug-likeness (QED) is 0.529. The van der Waals surface area contributed by atoms with Gasteiger partial charge in [0.1, 0.15) is 10.7 Å². The molecule has 2 aromatic carbocycles. The van der Waals surface area contributed by atoms with Crippen LogP contribution in [0.1, 0.15) is 27.2 Å². The van der Waals surface area contributed by atoms with Crippen molar-refractivity contribution in [1.29, 1.82) is 0 Å². The summed E-state index contributed by atoms with van der Waals surface area (Å²) >= 11 is 7.57. The zero-order chi connectivity index (χ0) is 23.0. The molecule has 0 atom stereocenters. The van der Waals surface area contributed by atoms with Gasteiger partial charge >= 0.3 is 0 Å². The zero-order valence-electron chi connectivity index (χ0n) is 17.5. The van der Waals surface area contributed by atoms with Gasteiger partial charge < -0.3 is 5.32 Å². The lowest BCUT2D eigenvalue weighted by atomic mass is 10.1. The van der Waals surface area contributed by atoms with Gasteiger partial charge in [-0.15, -0.1) is 11.3 Å². The van der Waals surface area contributed by atoms with Gasteiger partial charge in [-0.25, -0.2) is 9.88 Å². The van der Waals surface area contributed by atoms with Crippen LogP contribution in [0.5, 0.6) is 0 Å². The fraction of sp³-hybridized carbons (Fsp3) is 0.130. The Morgan fingerprint density at radius 3 is 2.53 bits per heavy atom. The molecule has 32 heavy (non-hydrogen) atoms. The molecule has 2 N–H and O–H groups in total. The van der Waals surface area contributed by atoms with Crippen LogP contribution in [-0.2, 0) is 9.59 Å². The lowest BCUT2D eigenvalue weighted by molar-refractivity contribution is -0.120. The summed E-state index contributed by atoms with van der Waals surface area (Å²) in [5.41, 5.74) is 3.88. The Labute approximate surface area is 193 Å². The molecule has 7 nitrogen and oxygen atoms in total. The highest BCUT2D eigenvalue weighted by Crippen LogP contribution is 2.32. The fourth-order valence-corrected chi connectivity index (χ4v) is 4.25. The lowest BCUT2D eigenvalue weighted by Crippen LogP contribution is -2.32. The number of halogens is 1. The molecule has 3 amide bonds. The topological polar surface area (TPSA) is 91.4 Å². The zero-order valence-corrected chi connectivity index (χ0v) is 19.1. The minimum Gasteiger partial charge on any atom is -0.350 e. The first-order valence-electron chi connectivity index (χ1n) is 9.71. The number of carbonyl (C=O) groups excluding carboxylic acids is 3. The smallest absolute Gasteiger partial charge is 0.283 e.